The first-order valence-electron chi connectivity index (χ1n) is 6.48. The van der Waals surface area contributed by atoms with Gasteiger partial charge in [-0.25, -0.2) is 9.97 Å². The average Bonchev–Trinajstić information content (AvgIpc) is 2.81. The number of hydrogen-bond donors (Lipinski definition) is 1. The Morgan fingerprint density at radius 2 is 1.95 bits per heavy atom. The van der Waals surface area contributed by atoms with Gasteiger partial charge in [-0.2, -0.15) is 5.10 Å². The molecule has 0 spiro atoms. The van der Waals surface area contributed by atoms with Gasteiger partial charge in [0.25, 0.3) is 0 Å². The molecule has 3 heterocycles. The quantitative estimate of drug-likeness (QED) is 0.789. The molecule has 0 aliphatic heterocycles. The molecule has 0 radical (unpaired) electrons. The third-order valence-corrected chi connectivity index (χ3v) is 3.26. The van der Waals surface area contributed by atoms with Crippen molar-refractivity contribution in [3.63, 3.8) is 0 Å². The van der Waals surface area contributed by atoms with Crippen LogP contribution >= 0.6 is 0 Å². The number of aryl methyl sites for hydroxylation is 2. The minimum Gasteiger partial charge on any atom is -0.363 e. The molecule has 0 unspecified atom stereocenters. The average molecular weight is 268 g/mol. The molecule has 0 amide bonds. The monoisotopic (exact) mass is 268 g/mol. The van der Waals surface area contributed by atoms with Crippen molar-refractivity contribution in [1.82, 2.24) is 24.7 Å². The second kappa shape index (κ2) is 4.88. The van der Waals surface area contributed by atoms with E-state index in [-0.39, 0.29) is 6.04 Å². The largest absolute Gasteiger partial charge is 0.363 e. The molecule has 1 atom stereocenters. The van der Waals surface area contributed by atoms with Crippen molar-refractivity contribution in [2.24, 2.45) is 7.05 Å². The summed E-state index contributed by atoms with van der Waals surface area (Å²) in [6.07, 6.45) is 5.37. The van der Waals surface area contributed by atoms with Gasteiger partial charge in [-0.05, 0) is 31.5 Å². The van der Waals surface area contributed by atoms with Crippen LogP contribution in [0.25, 0.3) is 11.0 Å². The number of nitrogens with zero attached hydrogens (tertiary/aromatic N) is 5. The van der Waals surface area contributed by atoms with Crippen molar-refractivity contribution in [3.05, 3.63) is 42.1 Å². The van der Waals surface area contributed by atoms with Gasteiger partial charge in [0, 0.05) is 19.4 Å². The van der Waals surface area contributed by atoms with Crippen LogP contribution in [0, 0.1) is 6.92 Å². The third-order valence-electron chi connectivity index (χ3n) is 3.26. The summed E-state index contributed by atoms with van der Waals surface area (Å²) in [5, 5.41) is 8.59. The predicted octanol–water partition coefficient (Wildman–Crippen LogP) is 2.24. The molecule has 3 aromatic rings. The number of anilines is 1. The topological polar surface area (TPSA) is 68.5 Å². The van der Waals surface area contributed by atoms with E-state index in [9.17, 15) is 0 Å². The van der Waals surface area contributed by atoms with Gasteiger partial charge in [0.1, 0.15) is 11.6 Å². The second-order valence-corrected chi connectivity index (χ2v) is 4.77. The highest BCUT2D eigenvalue weighted by Crippen LogP contribution is 2.24. The van der Waals surface area contributed by atoms with Crippen molar-refractivity contribution in [2.45, 2.75) is 19.9 Å². The highest BCUT2D eigenvalue weighted by atomic mass is 15.3. The van der Waals surface area contributed by atoms with E-state index in [0.29, 0.717) is 0 Å². The van der Waals surface area contributed by atoms with Gasteiger partial charge in [-0.15, -0.1) is 0 Å². The van der Waals surface area contributed by atoms with Crippen LogP contribution in [0.2, 0.25) is 0 Å². The highest BCUT2D eigenvalue weighted by Gasteiger charge is 2.12. The second-order valence-electron chi connectivity index (χ2n) is 4.77. The molecule has 0 saturated carbocycles. The maximum atomic E-state index is 4.49. The Hall–Kier alpha value is -2.50. The van der Waals surface area contributed by atoms with Gasteiger partial charge in [-0.1, -0.05) is 0 Å². The molecule has 20 heavy (non-hydrogen) atoms. The lowest BCUT2D eigenvalue weighted by molar-refractivity contribution is 0.782. The zero-order valence-electron chi connectivity index (χ0n) is 11.7. The molecular formula is C14H16N6. The van der Waals surface area contributed by atoms with Crippen LogP contribution < -0.4 is 5.32 Å². The summed E-state index contributed by atoms with van der Waals surface area (Å²) < 4.78 is 1.76. The van der Waals surface area contributed by atoms with E-state index in [1.807, 2.05) is 26.1 Å². The normalized spacial score (nSPS) is 12.6. The van der Waals surface area contributed by atoms with E-state index >= 15 is 0 Å². The van der Waals surface area contributed by atoms with Crippen molar-refractivity contribution in [3.8, 4) is 0 Å². The summed E-state index contributed by atoms with van der Waals surface area (Å²) >= 11 is 0. The summed E-state index contributed by atoms with van der Waals surface area (Å²) in [7, 11) is 1.88. The minimum atomic E-state index is 0.135. The number of fused-ring (bicyclic) bond motifs is 1. The molecule has 0 saturated heterocycles. The van der Waals surface area contributed by atoms with E-state index in [0.717, 1.165) is 28.2 Å². The van der Waals surface area contributed by atoms with Gasteiger partial charge in [0.15, 0.2) is 5.65 Å². The fourth-order valence-electron chi connectivity index (χ4n) is 2.18. The van der Waals surface area contributed by atoms with E-state index in [1.165, 1.54) is 0 Å². The molecule has 0 fully saturated rings. The Kier molecular flexibility index (Phi) is 3.06. The number of hydrogen-bond acceptors (Lipinski definition) is 5. The van der Waals surface area contributed by atoms with Crippen molar-refractivity contribution < 1.29 is 0 Å². The Balaban J connectivity index is 1.98. The summed E-state index contributed by atoms with van der Waals surface area (Å²) in [5.41, 5.74) is 2.00. The number of rotatable bonds is 3. The summed E-state index contributed by atoms with van der Waals surface area (Å²) in [4.78, 5) is 12.9. The van der Waals surface area contributed by atoms with Crippen LogP contribution in [0.4, 0.5) is 5.82 Å². The van der Waals surface area contributed by atoms with Crippen LogP contribution in [0.1, 0.15) is 24.4 Å². The smallest absolute Gasteiger partial charge is 0.163 e. The number of nitrogens with one attached hydrogen (secondary N) is 1. The lowest BCUT2D eigenvalue weighted by atomic mass is 10.1. The fourth-order valence-corrected chi connectivity index (χ4v) is 2.18. The van der Waals surface area contributed by atoms with Crippen LogP contribution in [0.3, 0.4) is 0 Å². The molecule has 0 aromatic carbocycles. The van der Waals surface area contributed by atoms with E-state index in [1.54, 1.807) is 23.3 Å². The summed E-state index contributed by atoms with van der Waals surface area (Å²) in [6, 6.07) is 4.12. The lowest BCUT2D eigenvalue weighted by Crippen LogP contribution is -2.09. The molecule has 6 nitrogen and oxygen atoms in total. The molecule has 0 aliphatic rings. The Bertz CT molecular complexity index is 734. The zero-order valence-corrected chi connectivity index (χ0v) is 11.7. The highest BCUT2D eigenvalue weighted by molar-refractivity contribution is 5.86. The Morgan fingerprint density at radius 3 is 2.70 bits per heavy atom. The number of pyridine rings is 1. The molecular weight excluding hydrogens is 252 g/mol. The molecule has 0 aliphatic carbocycles. The van der Waals surface area contributed by atoms with Crippen LogP contribution in [0.5, 0.6) is 0 Å². The summed E-state index contributed by atoms with van der Waals surface area (Å²) in [6.45, 7) is 3.98. The third kappa shape index (κ3) is 2.20. The maximum Gasteiger partial charge on any atom is 0.163 e. The standard InChI is InChI=1S/C14H16N6/c1-9(11-4-6-15-7-5-11)17-13-12-8-16-20(3)14(12)19-10(2)18-13/h4-9H,1-3H3,(H,17,18,19)/t9-/m1/s1. The van der Waals surface area contributed by atoms with E-state index in [4.69, 9.17) is 0 Å². The van der Waals surface area contributed by atoms with Gasteiger partial charge in [-0.3, -0.25) is 9.67 Å². The molecule has 3 aromatic heterocycles. The Morgan fingerprint density at radius 1 is 1.20 bits per heavy atom. The van der Waals surface area contributed by atoms with Gasteiger partial charge in [0.05, 0.1) is 17.6 Å². The number of aromatic nitrogens is 5. The van der Waals surface area contributed by atoms with Gasteiger partial charge < -0.3 is 5.32 Å². The fraction of sp³-hybridized carbons (Fsp3) is 0.286. The zero-order chi connectivity index (χ0) is 14.1. The minimum absolute atomic E-state index is 0.135. The van der Waals surface area contributed by atoms with E-state index in [2.05, 4.69) is 32.3 Å². The SMILES string of the molecule is Cc1nc(N[C@H](C)c2ccncc2)c2cnn(C)c2n1. The van der Waals surface area contributed by atoms with Crippen LogP contribution in [0.15, 0.2) is 30.7 Å². The predicted molar refractivity (Wildman–Crippen MR) is 77.3 cm³/mol. The first kappa shape index (κ1) is 12.5. The maximum absolute atomic E-state index is 4.49. The molecule has 6 heteroatoms. The first-order chi connectivity index (χ1) is 9.65. The van der Waals surface area contributed by atoms with Gasteiger partial charge in [0.2, 0.25) is 0 Å². The Labute approximate surface area is 116 Å². The molecule has 1 N–H and O–H groups in total. The molecule has 3 rings (SSSR count). The van der Waals surface area contributed by atoms with Crippen molar-refractivity contribution in [1.29, 1.82) is 0 Å². The van der Waals surface area contributed by atoms with Crippen LogP contribution in [-0.4, -0.2) is 24.7 Å². The van der Waals surface area contributed by atoms with Gasteiger partial charge >= 0.3 is 0 Å². The summed E-state index contributed by atoms with van der Waals surface area (Å²) in [5.74, 6) is 1.54. The first-order valence-corrected chi connectivity index (χ1v) is 6.48. The van der Waals surface area contributed by atoms with Crippen LogP contribution in [-0.2, 0) is 7.05 Å². The molecule has 0 bridgehead atoms. The molecule has 102 valence electrons. The lowest BCUT2D eigenvalue weighted by Gasteiger charge is -2.15. The van der Waals surface area contributed by atoms with Crippen molar-refractivity contribution >= 4 is 16.9 Å². The van der Waals surface area contributed by atoms with E-state index < -0.39 is 0 Å². The van der Waals surface area contributed by atoms with Crippen molar-refractivity contribution in [2.75, 3.05) is 5.32 Å².